The number of aromatic nitrogens is 3. The van der Waals surface area contributed by atoms with Gasteiger partial charge in [0.05, 0.1) is 16.8 Å². The molecule has 23 heavy (non-hydrogen) atoms. The molecule has 0 amide bonds. The minimum atomic E-state index is 0.628. The predicted octanol–water partition coefficient (Wildman–Crippen LogP) is 2.62. The van der Waals surface area contributed by atoms with Crippen molar-refractivity contribution in [1.82, 2.24) is 20.1 Å². The number of aryl methyl sites for hydroxylation is 2. The number of hydrogen-bond acceptors (Lipinski definition) is 7. The molecule has 0 radical (unpaired) electrons. The van der Waals surface area contributed by atoms with Crippen LogP contribution in [-0.2, 0) is 6.54 Å². The highest BCUT2D eigenvalue weighted by molar-refractivity contribution is 7.22. The van der Waals surface area contributed by atoms with Gasteiger partial charge in [-0.3, -0.25) is 4.90 Å². The highest BCUT2D eigenvalue weighted by atomic mass is 32.1. The number of anilines is 1. The van der Waals surface area contributed by atoms with E-state index in [1.54, 1.807) is 11.3 Å². The predicted molar refractivity (Wildman–Crippen MR) is 90.9 cm³/mol. The van der Waals surface area contributed by atoms with Crippen LogP contribution in [0.4, 0.5) is 5.13 Å². The van der Waals surface area contributed by atoms with Gasteiger partial charge in [0.2, 0.25) is 11.8 Å². The van der Waals surface area contributed by atoms with Crippen molar-refractivity contribution in [2.24, 2.45) is 0 Å². The largest absolute Gasteiger partial charge is 0.424 e. The zero-order chi connectivity index (χ0) is 15.8. The molecule has 120 valence electrons. The summed E-state index contributed by atoms with van der Waals surface area (Å²) in [6.07, 6.45) is 0. The third-order valence-corrected chi connectivity index (χ3v) is 5.26. The van der Waals surface area contributed by atoms with Crippen LogP contribution in [0.5, 0.6) is 0 Å². The van der Waals surface area contributed by atoms with Gasteiger partial charge in [-0.1, -0.05) is 23.5 Å². The van der Waals surface area contributed by atoms with E-state index in [1.165, 1.54) is 10.3 Å². The van der Waals surface area contributed by atoms with E-state index < -0.39 is 0 Å². The lowest BCUT2D eigenvalue weighted by atomic mass is 10.2. The number of thiazole rings is 1. The minimum absolute atomic E-state index is 0.628. The molecule has 1 aromatic carbocycles. The second-order valence-corrected chi connectivity index (χ2v) is 6.91. The third-order valence-electron chi connectivity index (χ3n) is 4.18. The molecule has 0 bridgehead atoms. The van der Waals surface area contributed by atoms with Crippen LogP contribution in [-0.4, -0.2) is 46.3 Å². The molecule has 2 aromatic heterocycles. The van der Waals surface area contributed by atoms with Crippen molar-refractivity contribution in [3.05, 3.63) is 35.5 Å². The molecule has 3 aromatic rings. The molecular weight excluding hydrogens is 310 g/mol. The molecule has 1 fully saturated rings. The van der Waals surface area contributed by atoms with Crippen LogP contribution in [0.2, 0.25) is 0 Å². The van der Waals surface area contributed by atoms with Gasteiger partial charge in [-0.2, -0.15) is 0 Å². The van der Waals surface area contributed by atoms with E-state index >= 15 is 0 Å². The van der Waals surface area contributed by atoms with E-state index in [0.29, 0.717) is 11.8 Å². The average Bonchev–Trinajstić information content (AvgIpc) is 3.15. The van der Waals surface area contributed by atoms with Gasteiger partial charge >= 0.3 is 0 Å². The lowest BCUT2D eigenvalue weighted by molar-refractivity contribution is 0.225. The summed E-state index contributed by atoms with van der Waals surface area (Å²) >= 11 is 1.78. The first-order valence-corrected chi connectivity index (χ1v) is 8.63. The molecule has 0 atom stereocenters. The maximum Gasteiger partial charge on any atom is 0.230 e. The lowest BCUT2D eigenvalue weighted by Crippen LogP contribution is -2.46. The van der Waals surface area contributed by atoms with Gasteiger partial charge < -0.3 is 9.32 Å². The standard InChI is InChI=1S/C16H19N5OS/c1-11-4-3-5-13-15(11)17-16(23-13)21-8-6-20(7-9-21)10-14-19-18-12(2)22-14/h3-5H,6-10H2,1-2H3. The normalized spacial score (nSPS) is 16.3. The van der Waals surface area contributed by atoms with Gasteiger partial charge in [-0.25, -0.2) is 4.98 Å². The molecule has 0 aliphatic carbocycles. The molecule has 0 N–H and O–H groups in total. The lowest BCUT2D eigenvalue weighted by Gasteiger charge is -2.33. The highest BCUT2D eigenvalue weighted by Crippen LogP contribution is 2.31. The fourth-order valence-corrected chi connectivity index (χ4v) is 3.99. The van der Waals surface area contributed by atoms with E-state index in [1.807, 2.05) is 6.92 Å². The van der Waals surface area contributed by atoms with Crippen LogP contribution in [0.25, 0.3) is 10.2 Å². The number of hydrogen-bond donors (Lipinski definition) is 0. The summed E-state index contributed by atoms with van der Waals surface area (Å²) < 4.78 is 6.73. The van der Waals surface area contributed by atoms with Crippen LogP contribution in [0.3, 0.4) is 0 Å². The van der Waals surface area contributed by atoms with Crippen molar-refractivity contribution in [3.8, 4) is 0 Å². The Balaban J connectivity index is 1.43. The number of piperazine rings is 1. The van der Waals surface area contributed by atoms with E-state index in [9.17, 15) is 0 Å². The topological polar surface area (TPSA) is 58.3 Å². The molecule has 6 nitrogen and oxygen atoms in total. The highest BCUT2D eigenvalue weighted by Gasteiger charge is 2.21. The van der Waals surface area contributed by atoms with Crippen LogP contribution < -0.4 is 4.90 Å². The molecule has 0 spiro atoms. The summed E-state index contributed by atoms with van der Waals surface area (Å²) in [6.45, 7) is 8.60. The molecule has 1 saturated heterocycles. The second kappa shape index (κ2) is 5.90. The monoisotopic (exact) mass is 329 g/mol. The Bertz CT molecular complexity index is 819. The van der Waals surface area contributed by atoms with E-state index in [0.717, 1.165) is 43.4 Å². The maximum absolute atomic E-state index is 5.46. The molecular formula is C16H19N5OS. The SMILES string of the molecule is Cc1nnc(CN2CCN(c3nc4c(C)cccc4s3)CC2)o1. The summed E-state index contributed by atoms with van der Waals surface area (Å²) in [4.78, 5) is 9.56. The Labute approximate surface area is 138 Å². The van der Waals surface area contributed by atoms with Gasteiger partial charge in [0.25, 0.3) is 0 Å². The molecule has 0 saturated carbocycles. The zero-order valence-corrected chi connectivity index (χ0v) is 14.1. The van der Waals surface area contributed by atoms with Crippen LogP contribution in [0.15, 0.2) is 22.6 Å². The smallest absolute Gasteiger partial charge is 0.230 e. The maximum atomic E-state index is 5.46. The fourth-order valence-electron chi connectivity index (χ4n) is 2.90. The molecule has 1 aliphatic heterocycles. The number of nitrogens with zero attached hydrogens (tertiary/aromatic N) is 5. The summed E-state index contributed by atoms with van der Waals surface area (Å²) in [6, 6.07) is 6.37. The molecule has 3 heterocycles. The second-order valence-electron chi connectivity index (χ2n) is 5.90. The van der Waals surface area contributed by atoms with Crippen molar-refractivity contribution < 1.29 is 4.42 Å². The Morgan fingerprint density at radius 3 is 2.65 bits per heavy atom. The minimum Gasteiger partial charge on any atom is -0.424 e. The molecule has 4 rings (SSSR count). The average molecular weight is 329 g/mol. The Morgan fingerprint density at radius 1 is 1.13 bits per heavy atom. The first-order valence-electron chi connectivity index (χ1n) is 7.81. The number of para-hydroxylation sites is 1. The van der Waals surface area contributed by atoms with E-state index in [2.05, 4.69) is 45.1 Å². The Hall–Kier alpha value is -1.99. The molecule has 7 heteroatoms. The summed E-state index contributed by atoms with van der Waals surface area (Å²) in [5.74, 6) is 1.33. The van der Waals surface area contributed by atoms with Gasteiger partial charge in [0, 0.05) is 33.1 Å². The van der Waals surface area contributed by atoms with Gasteiger partial charge in [-0.05, 0) is 18.6 Å². The third kappa shape index (κ3) is 2.94. The van der Waals surface area contributed by atoms with Crippen LogP contribution >= 0.6 is 11.3 Å². The van der Waals surface area contributed by atoms with Gasteiger partial charge in [-0.15, -0.1) is 10.2 Å². The van der Waals surface area contributed by atoms with E-state index in [4.69, 9.17) is 9.40 Å². The first kappa shape index (κ1) is 14.6. The fraction of sp³-hybridized carbons (Fsp3) is 0.438. The van der Waals surface area contributed by atoms with Crippen molar-refractivity contribution in [2.45, 2.75) is 20.4 Å². The summed E-state index contributed by atoms with van der Waals surface area (Å²) in [5, 5.41) is 9.09. The number of fused-ring (bicyclic) bond motifs is 1. The zero-order valence-electron chi connectivity index (χ0n) is 13.3. The van der Waals surface area contributed by atoms with Crippen molar-refractivity contribution in [1.29, 1.82) is 0 Å². The Kier molecular flexibility index (Phi) is 3.74. The van der Waals surface area contributed by atoms with Crippen LogP contribution in [0, 0.1) is 13.8 Å². The molecule has 0 unspecified atom stereocenters. The van der Waals surface area contributed by atoms with Crippen molar-refractivity contribution in [3.63, 3.8) is 0 Å². The van der Waals surface area contributed by atoms with Crippen LogP contribution in [0.1, 0.15) is 17.3 Å². The van der Waals surface area contributed by atoms with Crippen molar-refractivity contribution in [2.75, 3.05) is 31.1 Å². The van der Waals surface area contributed by atoms with Gasteiger partial charge in [0.1, 0.15) is 0 Å². The Morgan fingerprint density at radius 2 is 1.96 bits per heavy atom. The summed E-state index contributed by atoms with van der Waals surface area (Å²) in [5.41, 5.74) is 2.38. The number of rotatable bonds is 3. The number of benzene rings is 1. The molecule has 1 aliphatic rings. The van der Waals surface area contributed by atoms with Gasteiger partial charge in [0.15, 0.2) is 5.13 Å². The van der Waals surface area contributed by atoms with Crippen molar-refractivity contribution >= 4 is 26.7 Å². The van der Waals surface area contributed by atoms with E-state index in [-0.39, 0.29) is 0 Å². The quantitative estimate of drug-likeness (QED) is 0.736. The summed E-state index contributed by atoms with van der Waals surface area (Å²) in [7, 11) is 0. The first-order chi connectivity index (χ1) is 11.2.